The zero-order valence-corrected chi connectivity index (χ0v) is 47.2. The third-order valence-electron chi connectivity index (χ3n) is 22.2. The van der Waals surface area contributed by atoms with E-state index in [1.54, 1.807) is 0 Å². The normalized spacial score (nSPS) is 57.9. The maximum Gasteiger partial charge on any atom is 0.308 e. The average molecular weight is 1140 g/mol. The number of hydrogen-bond acceptors (Lipinski definition) is 21. The first-order valence-corrected chi connectivity index (χ1v) is 31.0. The predicted molar refractivity (Wildman–Crippen MR) is 276 cm³/mol. The van der Waals surface area contributed by atoms with E-state index in [9.17, 15) is 30.3 Å². The Hall–Kier alpha value is -1.81. The highest BCUT2D eigenvalue weighted by Gasteiger charge is 2.79. The number of aliphatic hydroxyl groups is 5. The van der Waals surface area contributed by atoms with Crippen LogP contribution >= 0.6 is 0 Å². The molecule has 0 saturated carbocycles. The molecule has 33 atom stereocenters. The SMILES string of the molecule is C=C1C[C@@H]2CC[C@@]34O[C@H]5[C@H]6OC(CC[C@@H]6OC6[C@H]5O[C@](O)([C@H]6O3)[C@H]4O)CC(=O)O[C@@H]3[C@@H](C)[C@@H]4O[C@@H]5C[C@@]6(C[C@@H]7O[C@]8(C[C@H](C)[C@@H]9O[C@H]([C@@H](O)C[C@@H](O)CO)C[C@@H]9O8)C[C@H](C)[C@@H]7O6)OC5C[C@@H]4O[C@H]3CC3O[C@@H](CCC1O2)C[C@@H](C)C3=C. The molecule has 12 bridgehead atoms. The first kappa shape index (κ1) is 55.7. The lowest BCUT2D eigenvalue weighted by Gasteiger charge is -2.50. The summed E-state index contributed by atoms with van der Waals surface area (Å²) in [5.74, 6) is -5.84. The molecule has 0 aromatic carbocycles. The minimum atomic E-state index is -2.03. The molecule has 16 fully saturated rings. The fourth-order valence-corrected chi connectivity index (χ4v) is 18.2. The van der Waals surface area contributed by atoms with Crippen LogP contribution in [0.4, 0.5) is 0 Å². The van der Waals surface area contributed by atoms with Crippen LogP contribution in [0.3, 0.4) is 0 Å². The molecule has 21 heteroatoms. The fraction of sp³-hybridized carbons (Fsp3) is 0.917. The van der Waals surface area contributed by atoms with Gasteiger partial charge in [0, 0.05) is 63.7 Å². The standard InChI is InChI=1S/C60H86O21/c1-25-13-32-7-9-36-26(2)14-34(67-36)11-12-59-56(65)60(66)55(81-59)54-53(80-60)52(79-59)51-37(71-54)10-8-33(69-51)16-46(64)74-50-30(6)49-42(70-41(50)17-38(68-32)29(25)5)19-40-44(73-49)22-58(75-40)23-45-48(78-58)28(4)21-57(77-45)20-27(3)47-43(76-57)18-39(72-47)35(63)15-31(62)24-61/h25,27-28,30-45,47-56,61-63,65-66H,2,5,7-24H2,1,3-4,6H3/t25-,27+,28+,30+,31-,32+,33?,34+,35+,36?,37+,38?,39+,40?,41+,42+,43+,44-,45+,47+,48+,49+,50-,51+,52+,53+,54?,55+,56+,57-,58-,59-,60-/m1/s1. The van der Waals surface area contributed by atoms with Crippen molar-refractivity contribution < 1.29 is 101 Å². The van der Waals surface area contributed by atoms with Gasteiger partial charge in [-0.25, -0.2) is 0 Å². The van der Waals surface area contributed by atoms with E-state index in [-0.39, 0.29) is 110 Å². The summed E-state index contributed by atoms with van der Waals surface area (Å²) in [5.41, 5.74) is 1.99. The molecule has 81 heavy (non-hydrogen) atoms. The predicted octanol–water partition coefficient (Wildman–Crippen LogP) is 3.22. The summed E-state index contributed by atoms with van der Waals surface area (Å²) in [6.07, 6.45) is -5.06. The Kier molecular flexibility index (Phi) is 14.0. The Morgan fingerprint density at radius 3 is 2.10 bits per heavy atom. The summed E-state index contributed by atoms with van der Waals surface area (Å²) in [6.45, 7) is 17.2. The highest BCUT2D eigenvalue weighted by Crippen LogP contribution is 2.60. The van der Waals surface area contributed by atoms with Crippen LogP contribution < -0.4 is 0 Å². The Balaban J connectivity index is 0.660. The summed E-state index contributed by atoms with van der Waals surface area (Å²) in [6, 6.07) is 0. The van der Waals surface area contributed by atoms with Gasteiger partial charge in [-0.1, -0.05) is 40.9 Å². The van der Waals surface area contributed by atoms with Gasteiger partial charge in [0.2, 0.25) is 11.6 Å². The van der Waals surface area contributed by atoms with Crippen molar-refractivity contribution in [3.63, 3.8) is 0 Å². The Labute approximate surface area is 473 Å². The van der Waals surface area contributed by atoms with Crippen molar-refractivity contribution in [2.45, 2.75) is 313 Å². The number of hydrogen-bond donors (Lipinski definition) is 5. The molecule has 16 heterocycles. The molecule has 16 aliphatic heterocycles. The summed E-state index contributed by atoms with van der Waals surface area (Å²) in [4.78, 5) is 14.6. The Bertz CT molecular complexity index is 2430. The van der Waals surface area contributed by atoms with Crippen molar-refractivity contribution in [3.05, 3.63) is 24.3 Å². The molecule has 452 valence electrons. The van der Waals surface area contributed by atoms with Crippen LogP contribution in [0.1, 0.15) is 137 Å². The number of ether oxygens (including phenoxy) is 15. The largest absolute Gasteiger partial charge is 0.459 e. The van der Waals surface area contributed by atoms with E-state index in [0.29, 0.717) is 77.0 Å². The summed E-state index contributed by atoms with van der Waals surface area (Å²) in [5, 5.41) is 54.2. The van der Waals surface area contributed by atoms with Gasteiger partial charge in [0.05, 0.1) is 123 Å². The highest BCUT2D eigenvalue weighted by atomic mass is 16.8. The number of fused-ring (bicyclic) bond motifs is 10. The molecule has 16 aliphatic rings. The van der Waals surface area contributed by atoms with Gasteiger partial charge >= 0.3 is 5.97 Å². The van der Waals surface area contributed by atoms with E-state index in [0.717, 1.165) is 24.0 Å². The van der Waals surface area contributed by atoms with Crippen LogP contribution in [0.2, 0.25) is 0 Å². The lowest BCUT2D eigenvalue weighted by atomic mass is 9.79. The third kappa shape index (κ3) is 9.28. The monoisotopic (exact) mass is 1140 g/mol. The topological polar surface area (TPSA) is 257 Å². The Morgan fingerprint density at radius 2 is 1.27 bits per heavy atom. The van der Waals surface area contributed by atoms with Gasteiger partial charge in [0.15, 0.2) is 17.7 Å². The Morgan fingerprint density at radius 1 is 0.568 bits per heavy atom. The zero-order valence-electron chi connectivity index (χ0n) is 47.2. The first-order valence-electron chi connectivity index (χ1n) is 31.0. The second kappa shape index (κ2) is 20.4. The lowest BCUT2D eigenvalue weighted by molar-refractivity contribution is -0.347. The van der Waals surface area contributed by atoms with E-state index < -0.39 is 121 Å². The number of carbonyl (C=O) groups excluding carboxylic acids is 1. The van der Waals surface area contributed by atoms with Gasteiger partial charge in [-0.05, 0) is 73.8 Å². The maximum atomic E-state index is 14.6. The van der Waals surface area contributed by atoms with Crippen LogP contribution in [0.15, 0.2) is 24.3 Å². The molecule has 21 nitrogen and oxygen atoms in total. The third-order valence-corrected chi connectivity index (χ3v) is 22.2. The minimum Gasteiger partial charge on any atom is -0.459 e. The fourth-order valence-electron chi connectivity index (χ4n) is 18.2. The average Bonchev–Trinajstić information content (AvgIpc) is 2.56. The second-order valence-electron chi connectivity index (χ2n) is 27.8. The maximum absolute atomic E-state index is 14.6. The molecular weight excluding hydrogens is 1060 g/mol. The van der Waals surface area contributed by atoms with Crippen molar-refractivity contribution in [2.75, 3.05) is 6.61 Å². The molecule has 16 saturated heterocycles. The molecular formula is C60H86O21. The molecule has 0 radical (unpaired) electrons. The van der Waals surface area contributed by atoms with E-state index in [4.69, 9.17) is 71.1 Å². The second-order valence-corrected chi connectivity index (χ2v) is 27.8. The molecule has 3 spiro atoms. The molecule has 5 N–H and O–H groups in total. The van der Waals surface area contributed by atoms with Crippen molar-refractivity contribution in [1.29, 1.82) is 0 Å². The van der Waals surface area contributed by atoms with Gasteiger partial charge in [-0.3, -0.25) is 4.79 Å². The van der Waals surface area contributed by atoms with E-state index in [1.807, 2.05) is 0 Å². The van der Waals surface area contributed by atoms with Crippen molar-refractivity contribution in [2.24, 2.45) is 23.7 Å². The number of aliphatic hydroxyl groups excluding tert-OH is 4. The molecule has 0 aliphatic carbocycles. The van der Waals surface area contributed by atoms with Crippen LogP contribution in [0.5, 0.6) is 0 Å². The summed E-state index contributed by atoms with van der Waals surface area (Å²) in [7, 11) is 0. The first-order chi connectivity index (χ1) is 38.8. The van der Waals surface area contributed by atoms with Gasteiger partial charge in [-0.2, -0.15) is 0 Å². The number of esters is 1. The molecule has 0 aromatic rings. The van der Waals surface area contributed by atoms with Gasteiger partial charge in [0.1, 0.15) is 36.6 Å². The van der Waals surface area contributed by atoms with E-state index >= 15 is 0 Å². The van der Waals surface area contributed by atoms with Crippen LogP contribution in [0, 0.1) is 23.7 Å². The highest BCUT2D eigenvalue weighted by molar-refractivity contribution is 5.70. The summed E-state index contributed by atoms with van der Waals surface area (Å²) < 4.78 is 102. The zero-order chi connectivity index (χ0) is 55.8. The van der Waals surface area contributed by atoms with Gasteiger partial charge in [-0.15, -0.1) is 0 Å². The molecule has 0 aromatic heterocycles. The van der Waals surface area contributed by atoms with E-state index in [2.05, 4.69) is 40.9 Å². The number of rotatable bonds is 4. The van der Waals surface area contributed by atoms with Crippen LogP contribution in [0.25, 0.3) is 0 Å². The smallest absolute Gasteiger partial charge is 0.308 e. The minimum absolute atomic E-state index is 0.0207. The summed E-state index contributed by atoms with van der Waals surface area (Å²) >= 11 is 0. The molecule has 5 unspecified atom stereocenters. The molecule has 0 amide bonds. The van der Waals surface area contributed by atoms with Gasteiger partial charge < -0.3 is 96.6 Å². The number of carbonyl (C=O) groups is 1. The quantitative estimate of drug-likeness (QED) is 0.200. The van der Waals surface area contributed by atoms with Crippen LogP contribution in [-0.2, 0) is 75.8 Å². The van der Waals surface area contributed by atoms with Crippen molar-refractivity contribution in [1.82, 2.24) is 0 Å². The van der Waals surface area contributed by atoms with Gasteiger partial charge in [0.25, 0.3) is 0 Å². The molecule has 16 rings (SSSR count). The van der Waals surface area contributed by atoms with E-state index in [1.165, 1.54) is 0 Å². The van der Waals surface area contributed by atoms with Crippen molar-refractivity contribution >= 4 is 5.97 Å². The lowest BCUT2D eigenvalue weighted by Crippen LogP contribution is -2.63. The van der Waals surface area contributed by atoms with Crippen molar-refractivity contribution in [3.8, 4) is 0 Å². The van der Waals surface area contributed by atoms with Crippen LogP contribution in [-0.4, -0.2) is 214 Å².